The molecular weight excluding hydrogens is 280 g/mol. The number of fused-ring (bicyclic) bond motifs is 1. The normalized spacial score (nSPS) is 16.3. The number of non-ortho nitro benzene ring substituents is 1. The van der Waals surface area contributed by atoms with E-state index in [1.807, 2.05) is 0 Å². The molecule has 1 aromatic rings. The molecule has 0 saturated heterocycles. The summed E-state index contributed by atoms with van der Waals surface area (Å²) in [5, 5.41) is 32.1. The minimum atomic E-state index is -1.58. The zero-order valence-corrected chi connectivity index (χ0v) is 11.4. The standard InChI is InChI=1S/C12H14N4O5/c1-12(2)14-9-6(13-5-8(17)11(18)19)3-4-7(16(20)21)10(9)15-12/h3-4,8,13,17H,5H2,1-2H3,(H,18,19)/t8-/m0/s1. The molecule has 1 aliphatic rings. The Balaban J connectivity index is 2.45. The number of carboxylic acids is 1. The fraction of sp³-hybridized carbons (Fsp3) is 0.417. The third kappa shape index (κ3) is 2.97. The van der Waals surface area contributed by atoms with Crippen LogP contribution in [0.1, 0.15) is 13.8 Å². The predicted molar refractivity (Wildman–Crippen MR) is 71.6 cm³/mol. The number of carbonyl (C=O) groups is 1. The van der Waals surface area contributed by atoms with Crippen molar-refractivity contribution in [3.05, 3.63) is 33.0 Å². The summed E-state index contributed by atoms with van der Waals surface area (Å²) in [5.41, 5.74) is -0.593. The summed E-state index contributed by atoms with van der Waals surface area (Å²) in [6.45, 7) is 3.16. The molecule has 0 saturated carbocycles. The van der Waals surface area contributed by atoms with Crippen LogP contribution in [-0.4, -0.2) is 39.4 Å². The van der Waals surface area contributed by atoms with Crippen LogP contribution in [0.25, 0.3) is 0 Å². The predicted octanol–water partition coefficient (Wildman–Crippen LogP) is -0.559. The van der Waals surface area contributed by atoms with Gasteiger partial charge in [0.1, 0.15) is 11.0 Å². The van der Waals surface area contributed by atoms with E-state index in [4.69, 9.17) is 5.11 Å². The molecule has 1 heterocycles. The summed E-state index contributed by atoms with van der Waals surface area (Å²) >= 11 is 0. The van der Waals surface area contributed by atoms with E-state index in [1.54, 1.807) is 13.8 Å². The molecule has 1 aliphatic heterocycles. The number of hydrogen-bond acceptors (Lipinski definition) is 7. The summed E-state index contributed by atoms with van der Waals surface area (Å²) < 4.78 is 0. The summed E-state index contributed by atoms with van der Waals surface area (Å²) in [6.07, 6.45) is -1.58. The zero-order chi connectivity index (χ0) is 15.8. The van der Waals surface area contributed by atoms with Crippen molar-refractivity contribution >= 4 is 17.3 Å². The van der Waals surface area contributed by atoms with Crippen molar-refractivity contribution in [2.24, 2.45) is 9.98 Å². The Morgan fingerprint density at radius 3 is 2.62 bits per heavy atom. The van der Waals surface area contributed by atoms with E-state index in [1.165, 1.54) is 12.1 Å². The fourth-order valence-electron chi connectivity index (χ4n) is 1.95. The second kappa shape index (κ2) is 5.09. The van der Waals surface area contributed by atoms with Gasteiger partial charge >= 0.3 is 5.97 Å². The lowest BCUT2D eigenvalue weighted by Crippen LogP contribution is -2.33. The average molecular weight is 294 g/mol. The maximum absolute atomic E-state index is 11.0. The molecule has 0 aromatic heterocycles. The minimum absolute atomic E-state index is 0.153. The Bertz CT molecular complexity index is 728. The monoisotopic (exact) mass is 294 g/mol. The Kier molecular flexibility index (Phi) is 3.60. The topological polar surface area (TPSA) is 137 Å². The Morgan fingerprint density at radius 1 is 1.43 bits per heavy atom. The molecule has 9 nitrogen and oxygen atoms in total. The third-order valence-electron chi connectivity index (χ3n) is 2.87. The van der Waals surface area contributed by atoms with Crippen molar-refractivity contribution in [1.82, 2.24) is 0 Å². The quantitative estimate of drug-likeness (QED) is 0.491. The Morgan fingerprint density at radius 2 is 2.05 bits per heavy atom. The molecule has 0 fully saturated rings. The van der Waals surface area contributed by atoms with Crippen molar-refractivity contribution in [3.8, 4) is 0 Å². The smallest absolute Gasteiger partial charge is 0.334 e. The van der Waals surface area contributed by atoms with Gasteiger partial charge in [0.25, 0.3) is 5.69 Å². The highest BCUT2D eigenvalue weighted by atomic mass is 16.6. The highest BCUT2D eigenvalue weighted by Gasteiger charge is 2.25. The summed E-state index contributed by atoms with van der Waals surface area (Å²) in [7, 11) is 0. The maximum atomic E-state index is 11.0. The van der Waals surface area contributed by atoms with Gasteiger partial charge in [0.15, 0.2) is 11.5 Å². The van der Waals surface area contributed by atoms with E-state index in [9.17, 15) is 20.0 Å². The molecular formula is C12H14N4O5. The highest BCUT2D eigenvalue weighted by Crippen LogP contribution is 2.16. The molecule has 21 heavy (non-hydrogen) atoms. The van der Waals surface area contributed by atoms with Gasteiger partial charge in [-0.25, -0.2) is 9.79 Å². The van der Waals surface area contributed by atoms with Crippen LogP contribution < -0.4 is 16.0 Å². The lowest BCUT2D eigenvalue weighted by Gasteiger charge is -2.09. The Labute approximate surface area is 118 Å². The van der Waals surface area contributed by atoms with Gasteiger partial charge < -0.3 is 15.5 Å². The average Bonchev–Trinajstić information content (AvgIpc) is 2.69. The molecule has 112 valence electrons. The first kappa shape index (κ1) is 14.9. The largest absolute Gasteiger partial charge is 0.479 e. The van der Waals surface area contributed by atoms with Gasteiger partial charge in [-0.05, 0) is 19.9 Å². The number of carboxylic acid groups (broad SMARTS) is 1. The van der Waals surface area contributed by atoms with Crippen LogP contribution in [-0.2, 0) is 4.79 Å². The summed E-state index contributed by atoms with van der Waals surface area (Å²) in [6, 6.07) is 2.70. The lowest BCUT2D eigenvalue weighted by atomic mass is 10.2. The van der Waals surface area contributed by atoms with E-state index in [-0.39, 0.29) is 17.6 Å². The van der Waals surface area contributed by atoms with Gasteiger partial charge in [-0.1, -0.05) is 0 Å². The lowest BCUT2D eigenvalue weighted by molar-refractivity contribution is -0.386. The number of nitro benzene ring substituents is 1. The van der Waals surface area contributed by atoms with Crippen LogP contribution in [0.4, 0.5) is 11.4 Å². The van der Waals surface area contributed by atoms with Crippen molar-refractivity contribution in [3.63, 3.8) is 0 Å². The number of nitrogens with zero attached hydrogens (tertiary/aromatic N) is 3. The second-order valence-corrected chi connectivity index (χ2v) is 5.04. The molecule has 0 spiro atoms. The van der Waals surface area contributed by atoms with E-state index in [0.717, 1.165) is 0 Å². The molecule has 9 heteroatoms. The zero-order valence-electron chi connectivity index (χ0n) is 11.4. The number of anilines is 1. The molecule has 1 aromatic carbocycles. The number of aliphatic hydroxyl groups excluding tert-OH is 1. The molecule has 1 atom stereocenters. The fourth-order valence-corrected chi connectivity index (χ4v) is 1.95. The highest BCUT2D eigenvalue weighted by molar-refractivity contribution is 5.72. The van der Waals surface area contributed by atoms with Crippen LogP contribution in [0, 0.1) is 10.1 Å². The van der Waals surface area contributed by atoms with Crippen molar-refractivity contribution < 1.29 is 19.9 Å². The van der Waals surface area contributed by atoms with Gasteiger partial charge in [-0.3, -0.25) is 15.1 Å². The minimum Gasteiger partial charge on any atom is -0.479 e. The SMILES string of the molecule is CC1(C)N=c2c(NC[C@H](O)C(=O)O)ccc([N+](=O)[O-])c2=N1. The van der Waals surface area contributed by atoms with Crippen LogP contribution in [0.5, 0.6) is 0 Å². The first-order valence-corrected chi connectivity index (χ1v) is 6.13. The van der Waals surface area contributed by atoms with Crippen molar-refractivity contribution in [2.75, 3.05) is 11.9 Å². The van der Waals surface area contributed by atoms with Crippen LogP contribution >= 0.6 is 0 Å². The third-order valence-corrected chi connectivity index (χ3v) is 2.87. The van der Waals surface area contributed by atoms with Crippen LogP contribution in [0.3, 0.4) is 0 Å². The van der Waals surface area contributed by atoms with Gasteiger partial charge in [0.05, 0.1) is 17.2 Å². The summed E-state index contributed by atoms with van der Waals surface area (Å²) in [4.78, 5) is 29.5. The first-order chi connectivity index (χ1) is 9.71. The molecule has 0 bridgehead atoms. The number of aliphatic hydroxyl groups is 1. The molecule has 2 rings (SSSR count). The number of nitro groups is 1. The molecule has 0 aliphatic carbocycles. The van der Waals surface area contributed by atoms with Crippen molar-refractivity contribution in [1.29, 1.82) is 0 Å². The van der Waals surface area contributed by atoms with Gasteiger partial charge in [-0.2, -0.15) is 0 Å². The number of benzene rings is 1. The molecule has 0 amide bonds. The van der Waals surface area contributed by atoms with Gasteiger partial charge in [0, 0.05) is 6.07 Å². The van der Waals surface area contributed by atoms with E-state index >= 15 is 0 Å². The van der Waals surface area contributed by atoms with Crippen molar-refractivity contribution in [2.45, 2.75) is 25.6 Å². The molecule has 0 unspecified atom stereocenters. The number of rotatable bonds is 5. The number of hydrogen-bond donors (Lipinski definition) is 3. The molecule has 0 radical (unpaired) electrons. The van der Waals surface area contributed by atoms with Crippen LogP contribution in [0.2, 0.25) is 0 Å². The number of nitrogens with one attached hydrogen (secondary N) is 1. The molecule has 3 N–H and O–H groups in total. The van der Waals surface area contributed by atoms with Gasteiger partial charge in [0.2, 0.25) is 0 Å². The summed E-state index contributed by atoms with van der Waals surface area (Å²) in [5.74, 6) is -1.36. The van der Waals surface area contributed by atoms with E-state index in [2.05, 4.69) is 15.3 Å². The second-order valence-electron chi connectivity index (χ2n) is 5.04. The van der Waals surface area contributed by atoms with E-state index < -0.39 is 22.7 Å². The van der Waals surface area contributed by atoms with E-state index in [0.29, 0.717) is 11.0 Å². The Hall–Kier alpha value is -2.55. The van der Waals surface area contributed by atoms with Crippen LogP contribution in [0.15, 0.2) is 22.1 Å². The van der Waals surface area contributed by atoms with Gasteiger partial charge in [-0.15, -0.1) is 0 Å². The number of aliphatic carboxylic acids is 1. The first-order valence-electron chi connectivity index (χ1n) is 6.13. The maximum Gasteiger partial charge on any atom is 0.334 e.